The lowest BCUT2D eigenvalue weighted by Gasteiger charge is -2.26. The summed E-state index contributed by atoms with van der Waals surface area (Å²) < 4.78 is 0. The third kappa shape index (κ3) is 4.53. The zero-order chi connectivity index (χ0) is 19.6. The number of nitrogens with one attached hydrogen (secondary N) is 1. The van der Waals surface area contributed by atoms with Crippen molar-refractivity contribution in [3.05, 3.63) is 59.2 Å². The van der Waals surface area contributed by atoms with E-state index in [1.165, 1.54) is 5.56 Å². The Hall–Kier alpha value is -2.27. The number of anilines is 2. The zero-order valence-electron chi connectivity index (χ0n) is 16.3. The standard InChI is InChI=1S/C22H26N2O2S/c1-14(2)10-20(25)23-18-7-5-6-17(12-18)22-24(21(26)13-27-22)19-9-8-15(3)11-16(19)4/h5-9,11-12,14,22H,10,13H2,1-4H3,(H,23,25)/t22-/m1/s1. The van der Waals surface area contributed by atoms with Gasteiger partial charge in [0.05, 0.1) is 5.75 Å². The van der Waals surface area contributed by atoms with Crippen LogP contribution in [0.5, 0.6) is 0 Å². The molecule has 0 unspecified atom stereocenters. The maximum atomic E-state index is 12.6. The summed E-state index contributed by atoms with van der Waals surface area (Å²) in [6.07, 6.45) is 0.496. The van der Waals surface area contributed by atoms with Crippen LogP contribution in [-0.4, -0.2) is 17.6 Å². The van der Waals surface area contributed by atoms with Crippen molar-refractivity contribution in [2.24, 2.45) is 5.92 Å². The number of amides is 2. The smallest absolute Gasteiger partial charge is 0.238 e. The number of carbonyl (C=O) groups is 2. The minimum Gasteiger partial charge on any atom is -0.326 e. The number of rotatable bonds is 5. The number of benzene rings is 2. The summed E-state index contributed by atoms with van der Waals surface area (Å²) in [6.45, 7) is 8.15. The van der Waals surface area contributed by atoms with E-state index < -0.39 is 0 Å². The van der Waals surface area contributed by atoms with Crippen LogP contribution in [0.1, 0.15) is 42.3 Å². The molecule has 142 valence electrons. The minimum absolute atomic E-state index is 0.0172. The van der Waals surface area contributed by atoms with Crippen molar-refractivity contribution >= 4 is 35.0 Å². The van der Waals surface area contributed by atoms with E-state index in [4.69, 9.17) is 0 Å². The average Bonchev–Trinajstić information content (AvgIpc) is 2.96. The first-order chi connectivity index (χ1) is 12.8. The molecule has 2 amide bonds. The van der Waals surface area contributed by atoms with E-state index in [9.17, 15) is 9.59 Å². The summed E-state index contributed by atoms with van der Waals surface area (Å²) >= 11 is 1.62. The van der Waals surface area contributed by atoms with Crippen LogP contribution in [-0.2, 0) is 9.59 Å². The highest BCUT2D eigenvalue weighted by atomic mass is 32.2. The summed E-state index contributed by atoms with van der Waals surface area (Å²) in [4.78, 5) is 26.6. The Morgan fingerprint density at radius 3 is 2.70 bits per heavy atom. The Bertz CT molecular complexity index is 863. The molecule has 27 heavy (non-hydrogen) atoms. The van der Waals surface area contributed by atoms with Gasteiger partial charge in [-0.2, -0.15) is 0 Å². The van der Waals surface area contributed by atoms with Gasteiger partial charge in [-0.05, 0) is 49.1 Å². The van der Waals surface area contributed by atoms with Gasteiger partial charge in [0.1, 0.15) is 5.37 Å². The minimum atomic E-state index is -0.0825. The highest BCUT2D eigenvalue weighted by Gasteiger charge is 2.34. The first-order valence-corrected chi connectivity index (χ1v) is 10.3. The second-order valence-corrected chi connectivity index (χ2v) is 8.56. The van der Waals surface area contributed by atoms with Crippen molar-refractivity contribution in [2.75, 3.05) is 16.0 Å². The summed E-state index contributed by atoms with van der Waals surface area (Å²) in [5, 5.41) is 2.89. The largest absolute Gasteiger partial charge is 0.326 e. The molecule has 0 bridgehead atoms. The van der Waals surface area contributed by atoms with E-state index in [1.54, 1.807) is 11.8 Å². The predicted octanol–water partition coefficient (Wildman–Crippen LogP) is 5.07. The SMILES string of the molecule is Cc1ccc(N2C(=O)CS[C@@H]2c2cccc(NC(=O)CC(C)C)c2)c(C)c1. The molecule has 1 aliphatic heterocycles. The van der Waals surface area contributed by atoms with Crippen LogP contribution in [0.4, 0.5) is 11.4 Å². The van der Waals surface area contributed by atoms with Crippen LogP contribution >= 0.6 is 11.8 Å². The van der Waals surface area contributed by atoms with Gasteiger partial charge in [-0.1, -0.05) is 43.7 Å². The average molecular weight is 383 g/mol. The topological polar surface area (TPSA) is 49.4 Å². The van der Waals surface area contributed by atoms with E-state index in [0.717, 1.165) is 22.5 Å². The van der Waals surface area contributed by atoms with Crippen molar-refractivity contribution < 1.29 is 9.59 Å². The number of nitrogens with zero attached hydrogens (tertiary/aromatic N) is 1. The van der Waals surface area contributed by atoms with Gasteiger partial charge in [0.25, 0.3) is 0 Å². The molecule has 1 saturated heterocycles. The molecule has 4 nitrogen and oxygen atoms in total. The van der Waals surface area contributed by atoms with E-state index in [1.807, 2.05) is 62.1 Å². The van der Waals surface area contributed by atoms with Gasteiger partial charge in [-0.25, -0.2) is 0 Å². The van der Waals surface area contributed by atoms with Crippen LogP contribution in [0, 0.1) is 19.8 Å². The van der Waals surface area contributed by atoms with Gasteiger partial charge in [-0.15, -0.1) is 11.8 Å². The van der Waals surface area contributed by atoms with E-state index in [2.05, 4.69) is 18.3 Å². The molecule has 1 atom stereocenters. The molecule has 1 fully saturated rings. The summed E-state index contributed by atoms with van der Waals surface area (Å²) in [5.41, 5.74) is 5.03. The molecule has 0 aromatic heterocycles. The van der Waals surface area contributed by atoms with Gasteiger partial charge >= 0.3 is 0 Å². The van der Waals surface area contributed by atoms with E-state index in [-0.39, 0.29) is 17.2 Å². The van der Waals surface area contributed by atoms with Crippen molar-refractivity contribution in [1.82, 2.24) is 0 Å². The molecule has 1 N–H and O–H groups in total. The number of hydrogen-bond acceptors (Lipinski definition) is 3. The van der Waals surface area contributed by atoms with Crippen LogP contribution in [0.15, 0.2) is 42.5 Å². The number of carbonyl (C=O) groups excluding carboxylic acids is 2. The second-order valence-electron chi connectivity index (χ2n) is 7.49. The first-order valence-electron chi connectivity index (χ1n) is 9.26. The Morgan fingerprint density at radius 2 is 2.00 bits per heavy atom. The van der Waals surface area contributed by atoms with Crippen LogP contribution in [0.25, 0.3) is 0 Å². The maximum Gasteiger partial charge on any atom is 0.238 e. The van der Waals surface area contributed by atoms with Crippen LogP contribution in [0.2, 0.25) is 0 Å². The second kappa shape index (κ2) is 8.17. The lowest BCUT2D eigenvalue weighted by Crippen LogP contribution is -2.28. The zero-order valence-corrected chi connectivity index (χ0v) is 17.1. The molecule has 5 heteroatoms. The highest BCUT2D eigenvalue weighted by molar-refractivity contribution is 8.00. The van der Waals surface area contributed by atoms with Crippen molar-refractivity contribution in [3.8, 4) is 0 Å². The Kier molecular flexibility index (Phi) is 5.90. The normalized spacial score (nSPS) is 16.9. The van der Waals surface area contributed by atoms with Crippen molar-refractivity contribution in [2.45, 2.75) is 39.5 Å². The van der Waals surface area contributed by atoms with Gasteiger partial charge < -0.3 is 5.32 Å². The lowest BCUT2D eigenvalue weighted by atomic mass is 10.1. The Labute approximate surface area is 165 Å². The predicted molar refractivity (Wildman–Crippen MR) is 113 cm³/mol. The molecule has 0 aliphatic carbocycles. The van der Waals surface area contributed by atoms with Crippen LogP contribution < -0.4 is 10.2 Å². The van der Waals surface area contributed by atoms with Gasteiger partial charge in [0.2, 0.25) is 11.8 Å². The summed E-state index contributed by atoms with van der Waals surface area (Å²) in [6, 6.07) is 14.0. The number of hydrogen-bond donors (Lipinski definition) is 1. The number of thioether (sulfide) groups is 1. The fourth-order valence-corrected chi connectivity index (χ4v) is 4.52. The molecule has 0 saturated carbocycles. The highest BCUT2D eigenvalue weighted by Crippen LogP contribution is 2.43. The van der Waals surface area contributed by atoms with Crippen molar-refractivity contribution in [3.63, 3.8) is 0 Å². The van der Waals surface area contributed by atoms with Gasteiger partial charge in [0.15, 0.2) is 0 Å². The maximum absolute atomic E-state index is 12.6. The first kappa shape index (κ1) is 19.5. The van der Waals surface area contributed by atoms with Gasteiger partial charge in [-0.3, -0.25) is 14.5 Å². The fourth-order valence-electron chi connectivity index (χ4n) is 3.36. The van der Waals surface area contributed by atoms with Gasteiger partial charge in [0, 0.05) is 17.8 Å². The molecule has 0 radical (unpaired) electrons. The molecule has 1 aliphatic rings. The molecule has 0 spiro atoms. The molecular weight excluding hydrogens is 356 g/mol. The molecule has 1 heterocycles. The fraction of sp³-hybridized carbons (Fsp3) is 0.364. The molecular formula is C22H26N2O2S. The monoisotopic (exact) mass is 382 g/mol. The lowest BCUT2D eigenvalue weighted by molar-refractivity contribution is -0.117. The molecule has 2 aromatic carbocycles. The third-order valence-corrected chi connectivity index (χ3v) is 5.74. The van der Waals surface area contributed by atoms with Crippen molar-refractivity contribution in [1.29, 1.82) is 0 Å². The quantitative estimate of drug-likeness (QED) is 0.786. The third-order valence-electron chi connectivity index (χ3n) is 4.53. The molecule has 3 rings (SSSR count). The summed E-state index contributed by atoms with van der Waals surface area (Å²) in [7, 11) is 0. The Morgan fingerprint density at radius 1 is 1.22 bits per heavy atom. The summed E-state index contributed by atoms with van der Waals surface area (Å²) in [5.74, 6) is 0.910. The molecule has 2 aromatic rings. The van der Waals surface area contributed by atoms with E-state index in [0.29, 0.717) is 18.1 Å². The van der Waals surface area contributed by atoms with Crippen LogP contribution in [0.3, 0.4) is 0 Å². The van der Waals surface area contributed by atoms with E-state index >= 15 is 0 Å². The number of aryl methyl sites for hydroxylation is 2. The Balaban J connectivity index is 1.87.